The van der Waals surface area contributed by atoms with Gasteiger partial charge in [-0.25, -0.2) is 0 Å². The maximum absolute atomic E-state index is 12.6. The minimum atomic E-state index is 0.0540. The van der Waals surface area contributed by atoms with E-state index in [1.165, 1.54) is 11.1 Å². The van der Waals surface area contributed by atoms with Crippen molar-refractivity contribution in [1.29, 1.82) is 0 Å². The SMILES string of the molecule is Cc1ccccc1CCNC(=O)CN1CCN(C(=O)Cc2ccccc2C)CC1. The van der Waals surface area contributed by atoms with Crippen molar-refractivity contribution in [2.24, 2.45) is 0 Å². The Morgan fingerprint density at radius 1 is 0.862 bits per heavy atom. The minimum absolute atomic E-state index is 0.0540. The van der Waals surface area contributed by atoms with Crippen LogP contribution in [0.4, 0.5) is 0 Å². The van der Waals surface area contributed by atoms with Gasteiger partial charge in [-0.05, 0) is 42.5 Å². The van der Waals surface area contributed by atoms with E-state index in [1.807, 2.05) is 48.2 Å². The molecule has 5 nitrogen and oxygen atoms in total. The standard InChI is InChI=1S/C24H31N3O2/c1-19-7-3-5-9-21(19)11-12-25-23(28)18-26-13-15-27(16-14-26)24(29)17-22-10-6-4-8-20(22)2/h3-10H,11-18H2,1-2H3,(H,25,28). The molecular formula is C24H31N3O2. The lowest BCUT2D eigenvalue weighted by molar-refractivity contribution is -0.132. The number of amides is 2. The van der Waals surface area contributed by atoms with Crippen molar-refractivity contribution in [3.63, 3.8) is 0 Å². The van der Waals surface area contributed by atoms with Crippen LogP contribution in [0, 0.1) is 13.8 Å². The predicted molar refractivity (Wildman–Crippen MR) is 116 cm³/mol. The molecular weight excluding hydrogens is 362 g/mol. The highest BCUT2D eigenvalue weighted by molar-refractivity contribution is 5.79. The Bertz CT molecular complexity index is 842. The maximum atomic E-state index is 12.6. The molecule has 0 saturated carbocycles. The third kappa shape index (κ3) is 6.16. The minimum Gasteiger partial charge on any atom is -0.355 e. The Morgan fingerprint density at radius 2 is 1.45 bits per heavy atom. The molecule has 1 aliphatic heterocycles. The number of hydrogen-bond donors (Lipinski definition) is 1. The highest BCUT2D eigenvalue weighted by atomic mass is 16.2. The van der Waals surface area contributed by atoms with E-state index in [2.05, 4.69) is 29.3 Å². The van der Waals surface area contributed by atoms with Crippen molar-refractivity contribution in [2.75, 3.05) is 39.3 Å². The van der Waals surface area contributed by atoms with Gasteiger partial charge >= 0.3 is 0 Å². The number of benzene rings is 2. The van der Waals surface area contributed by atoms with Gasteiger partial charge in [0, 0.05) is 32.7 Å². The zero-order valence-corrected chi connectivity index (χ0v) is 17.5. The van der Waals surface area contributed by atoms with Gasteiger partial charge < -0.3 is 10.2 Å². The van der Waals surface area contributed by atoms with Crippen LogP contribution in [0.1, 0.15) is 22.3 Å². The van der Waals surface area contributed by atoms with Crippen LogP contribution < -0.4 is 5.32 Å². The zero-order chi connectivity index (χ0) is 20.6. The fraction of sp³-hybridized carbons (Fsp3) is 0.417. The summed E-state index contributed by atoms with van der Waals surface area (Å²) >= 11 is 0. The van der Waals surface area contributed by atoms with Gasteiger partial charge in [-0.15, -0.1) is 0 Å². The predicted octanol–water partition coefficient (Wildman–Crippen LogP) is 2.35. The summed E-state index contributed by atoms with van der Waals surface area (Å²) in [6.45, 7) is 8.03. The monoisotopic (exact) mass is 393 g/mol. The van der Waals surface area contributed by atoms with Crippen LogP contribution in [-0.2, 0) is 22.4 Å². The lowest BCUT2D eigenvalue weighted by atomic mass is 10.1. The molecule has 1 aliphatic rings. The first kappa shape index (κ1) is 21.1. The fourth-order valence-electron chi connectivity index (χ4n) is 3.72. The second-order valence-electron chi connectivity index (χ2n) is 7.79. The van der Waals surface area contributed by atoms with Crippen LogP contribution in [0.15, 0.2) is 48.5 Å². The lowest BCUT2D eigenvalue weighted by Gasteiger charge is -2.34. The number of aryl methyl sites for hydroxylation is 2. The third-order valence-electron chi connectivity index (χ3n) is 5.67. The highest BCUT2D eigenvalue weighted by Crippen LogP contribution is 2.11. The molecule has 3 rings (SSSR count). The summed E-state index contributed by atoms with van der Waals surface area (Å²) in [5, 5.41) is 3.02. The third-order valence-corrected chi connectivity index (χ3v) is 5.67. The zero-order valence-electron chi connectivity index (χ0n) is 17.5. The number of carbonyl (C=O) groups is 2. The summed E-state index contributed by atoms with van der Waals surface area (Å²) in [6.07, 6.45) is 1.30. The Hall–Kier alpha value is -2.66. The topological polar surface area (TPSA) is 52.7 Å². The van der Waals surface area contributed by atoms with E-state index in [1.54, 1.807) is 0 Å². The van der Waals surface area contributed by atoms with Gasteiger partial charge in [-0.1, -0.05) is 48.5 Å². The van der Waals surface area contributed by atoms with Gasteiger partial charge in [0.15, 0.2) is 0 Å². The van der Waals surface area contributed by atoms with Gasteiger partial charge in [-0.3, -0.25) is 14.5 Å². The van der Waals surface area contributed by atoms with E-state index in [4.69, 9.17) is 0 Å². The first-order valence-electron chi connectivity index (χ1n) is 10.4. The lowest BCUT2D eigenvalue weighted by Crippen LogP contribution is -2.51. The van der Waals surface area contributed by atoms with Crippen molar-refractivity contribution in [2.45, 2.75) is 26.7 Å². The van der Waals surface area contributed by atoms with Gasteiger partial charge in [0.2, 0.25) is 11.8 Å². The Balaban J connectivity index is 1.37. The molecule has 0 spiro atoms. The molecule has 1 N–H and O–H groups in total. The van der Waals surface area contributed by atoms with Crippen molar-refractivity contribution in [1.82, 2.24) is 15.1 Å². The Morgan fingerprint density at radius 3 is 2.07 bits per heavy atom. The number of piperazine rings is 1. The van der Waals surface area contributed by atoms with E-state index >= 15 is 0 Å². The van der Waals surface area contributed by atoms with Crippen LogP contribution in [0.25, 0.3) is 0 Å². The second kappa shape index (κ2) is 10.2. The van der Waals surface area contributed by atoms with Crippen molar-refractivity contribution >= 4 is 11.8 Å². The quantitative estimate of drug-likeness (QED) is 0.786. The molecule has 154 valence electrons. The summed E-state index contributed by atoms with van der Waals surface area (Å²) in [5.41, 5.74) is 4.77. The van der Waals surface area contributed by atoms with Crippen molar-refractivity contribution in [3.05, 3.63) is 70.8 Å². The highest BCUT2D eigenvalue weighted by Gasteiger charge is 2.22. The molecule has 5 heteroatoms. The fourth-order valence-corrected chi connectivity index (χ4v) is 3.72. The largest absolute Gasteiger partial charge is 0.355 e. The second-order valence-corrected chi connectivity index (χ2v) is 7.79. The Labute approximate surface area is 173 Å². The summed E-state index contributed by atoms with van der Waals surface area (Å²) in [7, 11) is 0. The Kier molecular flexibility index (Phi) is 7.42. The first-order valence-corrected chi connectivity index (χ1v) is 10.4. The number of hydrogen-bond acceptors (Lipinski definition) is 3. The van der Waals surface area contributed by atoms with Gasteiger partial charge in [0.25, 0.3) is 0 Å². The van der Waals surface area contributed by atoms with Crippen LogP contribution in [0.3, 0.4) is 0 Å². The van der Waals surface area contributed by atoms with Gasteiger partial charge in [-0.2, -0.15) is 0 Å². The van der Waals surface area contributed by atoms with E-state index in [0.29, 0.717) is 32.6 Å². The molecule has 2 amide bonds. The molecule has 2 aromatic rings. The number of nitrogens with one attached hydrogen (secondary N) is 1. The molecule has 0 aliphatic carbocycles. The van der Waals surface area contributed by atoms with Crippen LogP contribution >= 0.6 is 0 Å². The summed E-state index contributed by atoms with van der Waals surface area (Å²) < 4.78 is 0. The first-order chi connectivity index (χ1) is 14.0. The molecule has 0 atom stereocenters. The van der Waals surface area contributed by atoms with Crippen molar-refractivity contribution in [3.8, 4) is 0 Å². The molecule has 1 saturated heterocycles. The van der Waals surface area contributed by atoms with E-state index < -0.39 is 0 Å². The number of rotatable bonds is 7. The van der Waals surface area contributed by atoms with E-state index in [9.17, 15) is 9.59 Å². The smallest absolute Gasteiger partial charge is 0.234 e. The van der Waals surface area contributed by atoms with Gasteiger partial charge in [0.05, 0.1) is 13.0 Å². The van der Waals surface area contributed by atoms with Gasteiger partial charge in [0.1, 0.15) is 0 Å². The van der Waals surface area contributed by atoms with E-state index in [-0.39, 0.29) is 11.8 Å². The summed E-state index contributed by atoms with van der Waals surface area (Å²) in [6, 6.07) is 16.3. The molecule has 0 unspecified atom stereocenters. The van der Waals surface area contributed by atoms with Crippen LogP contribution in [0.2, 0.25) is 0 Å². The molecule has 2 aromatic carbocycles. The molecule has 0 aromatic heterocycles. The van der Waals surface area contributed by atoms with Crippen LogP contribution in [-0.4, -0.2) is 60.9 Å². The maximum Gasteiger partial charge on any atom is 0.234 e. The normalized spacial score (nSPS) is 14.6. The number of carbonyl (C=O) groups excluding carboxylic acids is 2. The summed E-state index contributed by atoms with van der Waals surface area (Å²) in [5.74, 6) is 0.222. The molecule has 29 heavy (non-hydrogen) atoms. The van der Waals surface area contributed by atoms with Crippen LogP contribution in [0.5, 0.6) is 0 Å². The van der Waals surface area contributed by atoms with E-state index in [0.717, 1.165) is 30.6 Å². The molecule has 0 radical (unpaired) electrons. The average Bonchev–Trinajstić information content (AvgIpc) is 2.71. The van der Waals surface area contributed by atoms with Crippen molar-refractivity contribution < 1.29 is 9.59 Å². The molecule has 1 heterocycles. The average molecular weight is 394 g/mol. The molecule has 0 bridgehead atoms. The molecule has 1 fully saturated rings. The number of nitrogens with zero attached hydrogens (tertiary/aromatic N) is 2. The summed E-state index contributed by atoms with van der Waals surface area (Å²) in [4.78, 5) is 28.9.